The lowest BCUT2D eigenvalue weighted by atomic mass is 10.1. The van der Waals surface area contributed by atoms with Crippen molar-refractivity contribution < 1.29 is 14.3 Å². The molecule has 4 rings (SSSR count). The second-order valence-corrected chi connectivity index (χ2v) is 6.37. The second-order valence-electron chi connectivity index (χ2n) is 6.37. The Kier molecular flexibility index (Phi) is 5.13. The highest BCUT2D eigenvalue weighted by Gasteiger charge is 2.16. The van der Waals surface area contributed by atoms with Gasteiger partial charge in [0.05, 0.1) is 36.6 Å². The van der Waals surface area contributed by atoms with Crippen LogP contribution < -0.4 is 20.5 Å². The first-order valence-corrected chi connectivity index (χ1v) is 9.11. The number of hydrogen-bond acceptors (Lipinski definition) is 7. The standard InChI is InChI=1S/C22H19N5O3/c1-29-13-9-10-18-16(12-13)21(25-17-8-4-3-6-14(17)19(23)28)27-20(26-18)15-7-5-11-24-22(15)30-2/h3-12H,1-2H3,(H2,23,28)(H,25,26,27). The summed E-state index contributed by atoms with van der Waals surface area (Å²) in [6, 6.07) is 16.1. The number of benzene rings is 2. The Morgan fingerprint density at radius 3 is 2.60 bits per heavy atom. The van der Waals surface area contributed by atoms with E-state index >= 15 is 0 Å². The van der Waals surface area contributed by atoms with Crippen LogP contribution in [0, 0.1) is 0 Å². The van der Waals surface area contributed by atoms with Crippen LogP contribution in [0.5, 0.6) is 11.6 Å². The molecule has 0 atom stereocenters. The zero-order valence-corrected chi connectivity index (χ0v) is 16.4. The minimum absolute atomic E-state index is 0.354. The zero-order valence-electron chi connectivity index (χ0n) is 16.4. The SMILES string of the molecule is COc1ccc2nc(-c3cccnc3OC)nc(Nc3ccccc3C(N)=O)c2c1. The number of aromatic nitrogens is 3. The van der Waals surface area contributed by atoms with E-state index in [4.69, 9.17) is 20.2 Å². The molecule has 2 aromatic heterocycles. The van der Waals surface area contributed by atoms with E-state index in [9.17, 15) is 4.79 Å². The van der Waals surface area contributed by atoms with Gasteiger partial charge in [0.25, 0.3) is 5.91 Å². The van der Waals surface area contributed by atoms with Crippen molar-refractivity contribution >= 4 is 28.3 Å². The summed E-state index contributed by atoms with van der Waals surface area (Å²) in [4.78, 5) is 25.5. The fourth-order valence-corrected chi connectivity index (χ4v) is 3.11. The van der Waals surface area contributed by atoms with E-state index in [2.05, 4.69) is 15.3 Å². The van der Waals surface area contributed by atoms with Crippen LogP contribution in [0.1, 0.15) is 10.4 Å². The van der Waals surface area contributed by atoms with Crippen molar-refractivity contribution in [3.8, 4) is 23.0 Å². The third-order valence-electron chi connectivity index (χ3n) is 4.55. The van der Waals surface area contributed by atoms with Crippen molar-refractivity contribution in [3.05, 3.63) is 66.4 Å². The topological polar surface area (TPSA) is 112 Å². The lowest BCUT2D eigenvalue weighted by Gasteiger charge is -2.14. The largest absolute Gasteiger partial charge is 0.497 e. The predicted octanol–water partition coefficient (Wildman–Crippen LogP) is 3.55. The van der Waals surface area contributed by atoms with Gasteiger partial charge in [0.15, 0.2) is 5.82 Å². The molecule has 8 nitrogen and oxygen atoms in total. The molecular weight excluding hydrogens is 382 g/mol. The third kappa shape index (κ3) is 3.58. The quantitative estimate of drug-likeness (QED) is 0.508. The Bertz CT molecular complexity index is 1240. The minimum Gasteiger partial charge on any atom is -0.497 e. The van der Waals surface area contributed by atoms with Gasteiger partial charge in [-0.15, -0.1) is 0 Å². The summed E-state index contributed by atoms with van der Waals surface area (Å²) in [6.45, 7) is 0. The van der Waals surface area contributed by atoms with E-state index in [0.717, 1.165) is 5.39 Å². The number of nitrogens with zero attached hydrogens (tertiary/aromatic N) is 3. The number of carbonyl (C=O) groups is 1. The fourth-order valence-electron chi connectivity index (χ4n) is 3.11. The van der Waals surface area contributed by atoms with Crippen LogP contribution in [-0.4, -0.2) is 35.1 Å². The van der Waals surface area contributed by atoms with E-state index in [1.165, 1.54) is 0 Å². The van der Waals surface area contributed by atoms with Crippen LogP contribution in [0.4, 0.5) is 11.5 Å². The molecule has 0 saturated heterocycles. The maximum atomic E-state index is 11.9. The van der Waals surface area contributed by atoms with Crippen LogP contribution in [0.15, 0.2) is 60.8 Å². The van der Waals surface area contributed by atoms with Crippen LogP contribution in [0.3, 0.4) is 0 Å². The lowest BCUT2D eigenvalue weighted by Crippen LogP contribution is -2.13. The van der Waals surface area contributed by atoms with Crippen LogP contribution in [0.25, 0.3) is 22.3 Å². The molecule has 0 aliphatic rings. The van der Waals surface area contributed by atoms with E-state index in [0.29, 0.717) is 45.6 Å². The normalized spacial score (nSPS) is 10.6. The molecule has 0 saturated carbocycles. The molecule has 2 aromatic carbocycles. The Balaban J connectivity index is 1.93. The number of fused-ring (bicyclic) bond motifs is 1. The van der Waals surface area contributed by atoms with E-state index in [-0.39, 0.29) is 0 Å². The van der Waals surface area contributed by atoms with Crippen molar-refractivity contribution in [2.24, 2.45) is 5.73 Å². The van der Waals surface area contributed by atoms with Gasteiger partial charge in [-0.2, -0.15) is 0 Å². The number of nitrogens with two attached hydrogens (primary N) is 1. The number of ether oxygens (including phenoxy) is 2. The first-order valence-electron chi connectivity index (χ1n) is 9.11. The van der Waals surface area contributed by atoms with Gasteiger partial charge in [-0.1, -0.05) is 12.1 Å². The molecule has 30 heavy (non-hydrogen) atoms. The summed E-state index contributed by atoms with van der Waals surface area (Å²) in [6.07, 6.45) is 1.64. The van der Waals surface area contributed by atoms with Crippen molar-refractivity contribution in [3.63, 3.8) is 0 Å². The summed E-state index contributed by atoms with van der Waals surface area (Å²) < 4.78 is 10.7. The van der Waals surface area contributed by atoms with Crippen LogP contribution in [0.2, 0.25) is 0 Å². The van der Waals surface area contributed by atoms with Crippen molar-refractivity contribution in [1.82, 2.24) is 15.0 Å². The summed E-state index contributed by atoms with van der Waals surface area (Å²) in [5, 5.41) is 3.95. The molecule has 0 aliphatic heterocycles. The predicted molar refractivity (Wildman–Crippen MR) is 114 cm³/mol. The van der Waals surface area contributed by atoms with Gasteiger partial charge in [-0.05, 0) is 42.5 Å². The molecule has 0 spiro atoms. The molecule has 0 fully saturated rings. The number of hydrogen-bond donors (Lipinski definition) is 2. The summed E-state index contributed by atoms with van der Waals surface area (Å²) in [7, 11) is 3.13. The minimum atomic E-state index is -0.539. The van der Waals surface area contributed by atoms with E-state index in [1.807, 2.05) is 30.3 Å². The highest BCUT2D eigenvalue weighted by Crippen LogP contribution is 2.33. The summed E-state index contributed by atoms with van der Waals surface area (Å²) in [5.41, 5.74) is 7.75. The Morgan fingerprint density at radius 1 is 1.00 bits per heavy atom. The molecule has 0 aliphatic carbocycles. The highest BCUT2D eigenvalue weighted by molar-refractivity contribution is 6.01. The van der Waals surface area contributed by atoms with Crippen molar-refractivity contribution in [2.45, 2.75) is 0 Å². The van der Waals surface area contributed by atoms with Gasteiger partial charge >= 0.3 is 0 Å². The number of carbonyl (C=O) groups excluding carboxylic acids is 1. The van der Waals surface area contributed by atoms with Gasteiger partial charge in [0.1, 0.15) is 11.6 Å². The van der Waals surface area contributed by atoms with Crippen molar-refractivity contribution in [2.75, 3.05) is 19.5 Å². The monoisotopic (exact) mass is 401 g/mol. The average molecular weight is 401 g/mol. The molecule has 0 unspecified atom stereocenters. The second kappa shape index (κ2) is 8.04. The number of pyridine rings is 1. The number of nitrogens with one attached hydrogen (secondary N) is 1. The van der Waals surface area contributed by atoms with Gasteiger partial charge in [0, 0.05) is 11.6 Å². The number of rotatable bonds is 6. The first-order chi connectivity index (χ1) is 14.6. The Morgan fingerprint density at radius 2 is 1.83 bits per heavy atom. The number of primary amides is 1. The van der Waals surface area contributed by atoms with E-state index in [1.54, 1.807) is 44.7 Å². The van der Waals surface area contributed by atoms with Crippen LogP contribution >= 0.6 is 0 Å². The van der Waals surface area contributed by atoms with Crippen LogP contribution in [-0.2, 0) is 0 Å². The number of amides is 1. The maximum Gasteiger partial charge on any atom is 0.250 e. The highest BCUT2D eigenvalue weighted by atomic mass is 16.5. The average Bonchev–Trinajstić information content (AvgIpc) is 2.78. The zero-order chi connectivity index (χ0) is 21.1. The Hall–Kier alpha value is -4.20. The summed E-state index contributed by atoms with van der Waals surface area (Å²) >= 11 is 0. The molecule has 150 valence electrons. The van der Waals surface area contributed by atoms with Gasteiger partial charge in [0.2, 0.25) is 5.88 Å². The molecule has 1 amide bonds. The molecule has 3 N–H and O–H groups in total. The van der Waals surface area contributed by atoms with Gasteiger partial charge < -0.3 is 20.5 Å². The molecule has 2 heterocycles. The Labute approximate surface area is 172 Å². The molecule has 8 heteroatoms. The van der Waals surface area contributed by atoms with Gasteiger partial charge in [-0.25, -0.2) is 15.0 Å². The van der Waals surface area contributed by atoms with Gasteiger partial charge in [-0.3, -0.25) is 4.79 Å². The molecular formula is C22H19N5O3. The molecule has 0 radical (unpaired) electrons. The molecule has 4 aromatic rings. The van der Waals surface area contributed by atoms with E-state index < -0.39 is 5.91 Å². The lowest BCUT2D eigenvalue weighted by molar-refractivity contribution is 0.100. The molecule has 0 bridgehead atoms. The first kappa shape index (κ1) is 19.1. The fraction of sp³-hybridized carbons (Fsp3) is 0.0909. The number of methoxy groups -OCH3 is 2. The maximum absolute atomic E-state index is 11.9. The third-order valence-corrected chi connectivity index (χ3v) is 4.55. The van der Waals surface area contributed by atoms with Crippen molar-refractivity contribution in [1.29, 1.82) is 0 Å². The smallest absolute Gasteiger partial charge is 0.250 e. The summed E-state index contributed by atoms with van der Waals surface area (Å²) in [5.74, 6) is 1.45. The number of anilines is 2. The number of para-hydroxylation sites is 1.